The predicted octanol–water partition coefficient (Wildman–Crippen LogP) is 4.05. The van der Waals surface area contributed by atoms with Crippen LogP contribution in [0.15, 0.2) is 29.6 Å². The number of carbonyl (C=O) groups is 2. The van der Waals surface area contributed by atoms with Crippen molar-refractivity contribution in [2.45, 2.75) is 64.6 Å². The molecule has 2 aromatic rings. The number of likely N-dealkylation sites (tertiary alicyclic amines) is 2. The third-order valence-corrected chi connectivity index (χ3v) is 7.10. The van der Waals surface area contributed by atoms with Gasteiger partial charge < -0.3 is 14.4 Å². The number of benzene rings is 1. The van der Waals surface area contributed by atoms with Gasteiger partial charge in [-0.2, -0.15) is 0 Å². The Morgan fingerprint density at radius 2 is 1.97 bits per heavy atom. The van der Waals surface area contributed by atoms with Gasteiger partial charge in [-0.3, -0.25) is 14.5 Å². The summed E-state index contributed by atoms with van der Waals surface area (Å²) in [5, 5.41) is 2.75. The van der Waals surface area contributed by atoms with E-state index in [1.165, 1.54) is 11.3 Å². The largest absolute Gasteiger partial charge is 0.490 e. The van der Waals surface area contributed by atoms with Crippen molar-refractivity contribution < 1.29 is 19.1 Å². The maximum absolute atomic E-state index is 12.6. The Morgan fingerprint density at radius 1 is 1.15 bits per heavy atom. The summed E-state index contributed by atoms with van der Waals surface area (Å²) in [6, 6.07) is 7.99. The van der Waals surface area contributed by atoms with Gasteiger partial charge in [0.2, 0.25) is 0 Å². The molecule has 3 heterocycles. The van der Waals surface area contributed by atoms with Crippen LogP contribution in [0, 0.1) is 6.92 Å². The van der Waals surface area contributed by atoms with Crippen LogP contribution in [0.1, 0.15) is 60.1 Å². The van der Waals surface area contributed by atoms with Crippen LogP contribution in [0.4, 0.5) is 0 Å². The van der Waals surface area contributed by atoms with Crippen molar-refractivity contribution in [3.05, 3.63) is 45.9 Å². The number of nitrogens with zero attached hydrogens (tertiary/aromatic N) is 3. The third-order valence-electron chi connectivity index (χ3n) is 6.33. The molecule has 2 aliphatic rings. The summed E-state index contributed by atoms with van der Waals surface area (Å²) in [4.78, 5) is 33.4. The standard InChI is InChI=1S/C25H33N3O4S/c1-3-31-25(30)23-9-4-5-12-28(23)16-19-7-6-8-21(15-19)32-20-10-13-27(14-11-20)24(29)22-17-33-18(2)26-22/h6-8,15,17,20,23H,3-5,9-14,16H2,1-2H3/t23-/m1/s1. The molecule has 4 rings (SSSR count). The number of aryl methyl sites for hydroxylation is 1. The molecule has 2 aliphatic heterocycles. The summed E-state index contributed by atoms with van der Waals surface area (Å²) >= 11 is 1.50. The lowest BCUT2D eigenvalue weighted by atomic mass is 10.0. The van der Waals surface area contributed by atoms with Crippen LogP contribution < -0.4 is 4.74 Å². The SMILES string of the molecule is CCOC(=O)[C@H]1CCCCN1Cc1cccc(OC2CCN(C(=O)c3csc(C)n3)CC2)c1. The van der Waals surface area contributed by atoms with Gasteiger partial charge in [0, 0.05) is 37.9 Å². The van der Waals surface area contributed by atoms with E-state index >= 15 is 0 Å². The van der Waals surface area contributed by atoms with Crippen LogP contribution in [0.25, 0.3) is 0 Å². The molecule has 0 aliphatic carbocycles. The molecular formula is C25H33N3O4S. The first-order valence-electron chi connectivity index (χ1n) is 11.9. The minimum atomic E-state index is -0.161. The molecule has 2 saturated heterocycles. The number of ether oxygens (including phenoxy) is 2. The number of amides is 1. The van der Waals surface area contributed by atoms with E-state index in [1.807, 2.05) is 36.3 Å². The molecule has 2 fully saturated rings. The Balaban J connectivity index is 1.31. The third kappa shape index (κ3) is 6.12. The van der Waals surface area contributed by atoms with Crippen molar-refractivity contribution in [2.75, 3.05) is 26.2 Å². The number of rotatable bonds is 7. The van der Waals surface area contributed by atoms with Gasteiger partial charge in [-0.25, -0.2) is 4.98 Å². The van der Waals surface area contributed by atoms with Crippen LogP contribution in [-0.2, 0) is 16.1 Å². The average Bonchev–Trinajstić information content (AvgIpc) is 3.26. The highest BCUT2D eigenvalue weighted by atomic mass is 32.1. The highest BCUT2D eigenvalue weighted by molar-refractivity contribution is 7.09. The molecule has 0 spiro atoms. The van der Waals surface area contributed by atoms with Crippen LogP contribution in [-0.4, -0.2) is 65.0 Å². The average molecular weight is 472 g/mol. The molecule has 0 bridgehead atoms. The molecule has 0 N–H and O–H groups in total. The molecule has 0 unspecified atom stereocenters. The van der Waals surface area contributed by atoms with Crippen LogP contribution in [0.3, 0.4) is 0 Å². The van der Waals surface area contributed by atoms with Gasteiger partial charge in [-0.15, -0.1) is 11.3 Å². The fourth-order valence-corrected chi connectivity index (χ4v) is 5.22. The Bertz CT molecular complexity index is 955. The van der Waals surface area contributed by atoms with Crippen molar-refractivity contribution in [1.82, 2.24) is 14.8 Å². The minimum absolute atomic E-state index is 0.0116. The second-order valence-corrected chi connectivity index (χ2v) is 9.80. The summed E-state index contributed by atoms with van der Waals surface area (Å²) in [6.07, 6.45) is 4.71. The fraction of sp³-hybridized carbons (Fsp3) is 0.560. The number of piperidine rings is 2. The molecule has 1 amide bonds. The second kappa shape index (κ2) is 11.1. The molecule has 1 aromatic carbocycles. The van der Waals surface area contributed by atoms with E-state index in [0.29, 0.717) is 31.9 Å². The van der Waals surface area contributed by atoms with Gasteiger partial charge in [0.05, 0.1) is 11.6 Å². The predicted molar refractivity (Wildman–Crippen MR) is 128 cm³/mol. The van der Waals surface area contributed by atoms with Gasteiger partial charge in [0.15, 0.2) is 0 Å². The van der Waals surface area contributed by atoms with Gasteiger partial charge >= 0.3 is 5.97 Å². The smallest absolute Gasteiger partial charge is 0.323 e. The van der Waals surface area contributed by atoms with Crippen molar-refractivity contribution in [2.24, 2.45) is 0 Å². The van der Waals surface area contributed by atoms with Crippen molar-refractivity contribution in [3.8, 4) is 5.75 Å². The van der Waals surface area contributed by atoms with Crippen molar-refractivity contribution in [1.29, 1.82) is 0 Å². The number of thiazole rings is 1. The molecule has 0 radical (unpaired) electrons. The monoisotopic (exact) mass is 471 g/mol. The summed E-state index contributed by atoms with van der Waals surface area (Å²) in [5.41, 5.74) is 1.68. The molecule has 0 saturated carbocycles. The van der Waals surface area contributed by atoms with E-state index in [0.717, 1.165) is 55.0 Å². The zero-order chi connectivity index (χ0) is 23.2. The van der Waals surface area contributed by atoms with E-state index < -0.39 is 0 Å². The Hall–Kier alpha value is -2.45. The quantitative estimate of drug-likeness (QED) is 0.568. The van der Waals surface area contributed by atoms with Crippen molar-refractivity contribution >= 4 is 23.2 Å². The number of esters is 1. The Morgan fingerprint density at radius 3 is 2.70 bits per heavy atom. The number of hydrogen-bond acceptors (Lipinski definition) is 7. The Kier molecular flexibility index (Phi) is 7.98. The summed E-state index contributed by atoms with van der Waals surface area (Å²) in [5.74, 6) is 0.744. The van der Waals surface area contributed by atoms with Gasteiger partial charge in [-0.1, -0.05) is 18.6 Å². The van der Waals surface area contributed by atoms with Crippen molar-refractivity contribution in [3.63, 3.8) is 0 Å². The lowest BCUT2D eigenvalue weighted by molar-refractivity contribution is -0.151. The van der Waals surface area contributed by atoms with E-state index in [2.05, 4.69) is 22.0 Å². The highest BCUT2D eigenvalue weighted by Gasteiger charge is 2.30. The van der Waals surface area contributed by atoms with E-state index in [4.69, 9.17) is 9.47 Å². The molecule has 7 nitrogen and oxygen atoms in total. The van der Waals surface area contributed by atoms with E-state index in [-0.39, 0.29) is 24.0 Å². The molecule has 8 heteroatoms. The van der Waals surface area contributed by atoms with Gasteiger partial charge in [0.1, 0.15) is 23.6 Å². The highest BCUT2D eigenvalue weighted by Crippen LogP contribution is 2.25. The Labute approximate surface area is 199 Å². The topological polar surface area (TPSA) is 72.0 Å². The van der Waals surface area contributed by atoms with Crippen LogP contribution in [0.2, 0.25) is 0 Å². The first-order chi connectivity index (χ1) is 16.0. The fourth-order valence-electron chi connectivity index (χ4n) is 4.63. The minimum Gasteiger partial charge on any atom is -0.490 e. The maximum Gasteiger partial charge on any atom is 0.323 e. The van der Waals surface area contributed by atoms with E-state index in [1.54, 1.807) is 0 Å². The summed E-state index contributed by atoms with van der Waals surface area (Å²) in [7, 11) is 0. The molecule has 178 valence electrons. The summed E-state index contributed by atoms with van der Waals surface area (Å²) < 4.78 is 11.6. The summed E-state index contributed by atoms with van der Waals surface area (Å²) in [6.45, 7) is 7.15. The number of carbonyl (C=O) groups excluding carboxylic acids is 2. The van der Waals surface area contributed by atoms with Gasteiger partial charge in [-0.05, 0) is 50.9 Å². The maximum atomic E-state index is 12.6. The van der Waals surface area contributed by atoms with Gasteiger partial charge in [0.25, 0.3) is 5.91 Å². The molecule has 1 atom stereocenters. The second-order valence-electron chi connectivity index (χ2n) is 8.74. The van der Waals surface area contributed by atoms with E-state index in [9.17, 15) is 9.59 Å². The lowest BCUT2D eigenvalue weighted by Gasteiger charge is -2.34. The van der Waals surface area contributed by atoms with Crippen LogP contribution >= 0.6 is 11.3 Å². The lowest BCUT2D eigenvalue weighted by Crippen LogP contribution is -2.44. The zero-order valence-electron chi connectivity index (χ0n) is 19.5. The zero-order valence-corrected chi connectivity index (χ0v) is 20.3. The number of aromatic nitrogens is 1. The normalized spacial score (nSPS) is 19.9. The number of hydrogen-bond donors (Lipinski definition) is 0. The molecule has 1 aromatic heterocycles. The first kappa shape index (κ1) is 23.7. The van der Waals surface area contributed by atoms with Crippen LogP contribution in [0.5, 0.6) is 5.75 Å². The molecular weight excluding hydrogens is 438 g/mol. The first-order valence-corrected chi connectivity index (χ1v) is 12.8. The molecule has 33 heavy (non-hydrogen) atoms.